The number of carbonyl (C=O) groups is 3. The van der Waals surface area contributed by atoms with Crippen LogP contribution in [0.3, 0.4) is 0 Å². The summed E-state index contributed by atoms with van der Waals surface area (Å²) in [5.41, 5.74) is 3.42. The van der Waals surface area contributed by atoms with Gasteiger partial charge in [0, 0.05) is 17.3 Å². The lowest BCUT2D eigenvalue weighted by Gasteiger charge is -2.11. The lowest BCUT2D eigenvalue weighted by Crippen LogP contribution is -2.29. The van der Waals surface area contributed by atoms with Crippen LogP contribution in [-0.2, 0) is 20.8 Å². The van der Waals surface area contributed by atoms with Gasteiger partial charge in [0.25, 0.3) is 5.56 Å². The highest BCUT2D eigenvalue weighted by molar-refractivity contribution is 5.99. The first-order valence-corrected chi connectivity index (χ1v) is 9.99. The number of ether oxygens (including phenoxy) is 2. The van der Waals surface area contributed by atoms with Crippen LogP contribution in [0.2, 0.25) is 0 Å². The molecule has 0 aliphatic heterocycles. The zero-order chi connectivity index (χ0) is 24.1. The summed E-state index contributed by atoms with van der Waals surface area (Å²) < 4.78 is 10.4. The van der Waals surface area contributed by atoms with Gasteiger partial charge in [-0.25, -0.2) is 14.3 Å². The first-order valence-electron chi connectivity index (χ1n) is 9.99. The zero-order valence-corrected chi connectivity index (χ0v) is 18.7. The zero-order valence-electron chi connectivity index (χ0n) is 18.7. The highest BCUT2D eigenvalue weighted by Crippen LogP contribution is 2.20. The van der Waals surface area contributed by atoms with E-state index in [1.165, 1.54) is 38.5 Å². The quantitative estimate of drug-likeness (QED) is 0.575. The number of anilines is 1. The predicted octanol–water partition coefficient (Wildman–Crippen LogP) is 2.74. The number of methoxy groups -OCH3 is 2. The molecule has 1 N–H and O–H groups in total. The summed E-state index contributed by atoms with van der Waals surface area (Å²) in [6, 6.07) is 12.8. The predicted molar refractivity (Wildman–Crippen MR) is 121 cm³/mol. The standard InChI is InChI=1S/C24H23N3O6/c1-14-5-6-16(9-15(14)2)20-7-8-22(29)27(26-20)13-21(28)25-19-11-17(23(30)32-3)10-18(12-19)24(31)33-4/h5-12H,13H2,1-4H3,(H,25,28). The Hall–Kier alpha value is -4.27. The van der Waals surface area contributed by atoms with Crippen molar-refractivity contribution in [1.29, 1.82) is 0 Å². The molecule has 0 aliphatic rings. The molecule has 0 radical (unpaired) electrons. The molecule has 170 valence electrons. The number of nitrogens with zero attached hydrogens (tertiary/aromatic N) is 2. The summed E-state index contributed by atoms with van der Waals surface area (Å²) in [4.78, 5) is 48.8. The number of benzene rings is 2. The minimum atomic E-state index is -0.685. The number of hydrogen-bond acceptors (Lipinski definition) is 7. The normalized spacial score (nSPS) is 10.4. The third kappa shape index (κ3) is 5.51. The number of aromatic nitrogens is 2. The Morgan fingerprint density at radius 3 is 2.09 bits per heavy atom. The van der Waals surface area contributed by atoms with Crippen LogP contribution >= 0.6 is 0 Å². The smallest absolute Gasteiger partial charge is 0.337 e. The fourth-order valence-corrected chi connectivity index (χ4v) is 3.12. The molecule has 9 nitrogen and oxygen atoms in total. The summed E-state index contributed by atoms with van der Waals surface area (Å²) >= 11 is 0. The van der Waals surface area contributed by atoms with E-state index in [4.69, 9.17) is 0 Å². The first kappa shape index (κ1) is 23.4. The van der Waals surface area contributed by atoms with Crippen LogP contribution in [0.5, 0.6) is 0 Å². The van der Waals surface area contributed by atoms with Gasteiger partial charge in [-0.3, -0.25) is 9.59 Å². The number of carbonyl (C=O) groups excluding carboxylic acids is 3. The number of aryl methyl sites for hydroxylation is 2. The molecule has 3 aromatic rings. The first-order chi connectivity index (χ1) is 15.7. The van der Waals surface area contributed by atoms with E-state index < -0.39 is 23.4 Å². The Labute approximate surface area is 190 Å². The molecular formula is C24H23N3O6. The SMILES string of the molecule is COC(=O)c1cc(NC(=O)Cn2nc(-c3ccc(C)c(C)c3)ccc2=O)cc(C(=O)OC)c1. The van der Waals surface area contributed by atoms with Crippen LogP contribution in [0.4, 0.5) is 5.69 Å². The average Bonchev–Trinajstić information content (AvgIpc) is 2.80. The van der Waals surface area contributed by atoms with Crippen molar-refractivity contribution in [2.24, 2.45) is 0 Å². The molecule has 9 heteroatoms. The van der Waals surface area contributed by atoms with E-state index in [-0.39, 0.29) is 23.4 Å². The third-order valence-corrected chi connectivity index (χ3v) is 5.02. The van der Waals surface area contributed by atoms with Crippen LogP contribution in [-0.4, -0.2) is 41.8 Å². The number of amides is 1. The van der Waals surface area contributed by atoms with Crippen LogP contribution < -0.4 is 10.9 Å². The summed E-state index contributed by atoms with van der Waals surface area (Å²) in [7, 11) is 2.40. The molecule has 0 aliphatic carbocycles. The molecule has 33 heavy (non-hydrogen) atoms. The molecule has 0 saturated heterocycles. The van der Waals surface area contributed by atoms with Gasteiger partial charge in [0.2, 0.25) is 5.91 Å². The molecule has 0 spiro atoms. The molecule has 0 bridgehead atoms. The lowest BCUT2D eigenvalue weighted by atomic mass is 10.0. The molecule has 1 heterocycles. The number of esters is 2. The Kier molecular flexibility index (Phi) is 7.02. The number of rotatable bonds is 6. The van der Waals surface area contributed by atoms with Gasteiger partial charge in [0.15, 0.2) is 0 Å². The molecule has 0 saturated carbocycles. The van der Waals surface area contributed by atoms with Crippen molar-refractivity contribution in [1.82, 2.24) is 9.78 Å². The molecule has 0 atom stereocenters. The molecule has 3 rings (SSSR count). The van der Waals surface area contributed by atoms with Crippen LogP contribution in [0.15, 0.2) is 53.3 Å². The highest BCUT2D eigenvalue weighted by Gasteiger charge is 2.16. The minimum absolute atomic E-state index is 0.0581. The van der Waals surface area contributed by atoms with Gasteiger partial charge in [-0.05, 0) is 55.3 Å². The highest BCUT2D eigenvalue weighted by atomic mass is 16.5. The van der Waals surface area contributed by atoms with E-state index in [2.05, 4.69) is 19.9 Å². The summed E-state index contributed by atoms with van der Waals surface area (Å²) in [5.74, 6) is -1.94. The molecular weight excluding hydrogens is 426 g/mol. The minimum Gasteiger partial charge on any atom is -0.465 e. The molecule has 0 fully saturated rings. The maximum atomic E-state index is 12.6. The van der Waals surface area contributed by atoms with Gasteiger partial charge >= 0.3 is 11.9 Å². The van der Waals surface area contributed by atoms with Crippen molar-refractivity contribution in [3.05, 3.63) is 81.1 Å². The lowest BCUT2D eigenvalue weighted by molar-refractivity contribution is -0.117. The average molecular weight is 449 g/mol. The fraction of sp³-hybridized carbons (Fsp3) is 0.208. The Morgan fingerprint density at radius 2 is 1.52 bits per heavy atom. The van der Waals surface area contributed by atoms with E-state index >= 15 is 0 Å². The van der Waals surface area contributed by atoms with Gasteiger partial charge < -0.3 is 14.8 Å². The molecule has 1 amide bonds. The van der Waals surface area contributed by atoms with Crippen molar-refractivity contribution in [2.45, 2.75) is 20.4 Å². The van der Waals surface area contributed by atoms with Gasteiger partial charge in [-0.15, -0.1) is 0 Å². The van der Waals surface area contributed by atoms with Gasteiger partial charge in [-0.2, -0.15) is 5.10 Å². The number of nitrogens with one attached hydrogen (secondary N) is 1. The third-order valence-electron chi connectivity index (χ3n) is 5.02. The topological polar surface area (TPSA) is 117 Å². The van der Waals surface area contributed by atoms with Crippen molar-refractivity contribution in [2.75, 3.05) is 19.5 Å². The van der Waals surface area contributed by atoms with E-state index in [0.717, 1.165) is 21.4 Å². The fourth-order valence-electron chi connectivity index (χ4n) is 3.12. The molecule has 0 unspecified atom stereocenters. The summed E-state index contributed by atoms with van der Waals surface area (Å²) in [6.45, 7) is 3.61. The Balaban J connectivity index is 1.86. The maximum Gasteiger partial charge on any atom is 0.337 e. The molecule has 2 aromatic carbocycles. The van der Waals surface area contributed by atoms with Crippen molar-refractivity contribution < 1.29 is 23.9 Å². The van der Waals surface area contributed by atoms with E-state index in [1.54, 1.807) is 6.07 Å². The van der Waals surface area contributed by atoms with E-state index in [0.29, 0.717) is 5.69 Å². The van der Waals surface area contributed by atoms with Crippen molar-refractivity contribution in [3.63, 3.8) is 0 Å². The largest absolute Gasteiger partial charge is 0.465 e. The Bertz CT molecular complexity index is 1260. The van der Waals surface area contributed by atoms with Gasteiger partial charge in [0.05, 0.1) is 31.0 Å². The van der Waals surface area contributed by atoms with Crippen molar-refractivity contribution >= 4 is 23.5 Å². The van der Waals surface area contributed by atoms with E-state index in [1.807, 2.05) is 32.0 Å². The van der Waals surface area contributed by atoms with Crippen molar-refractivity contribution in [3.8, 4) is 11.3 Å². The van der Waals surface area contributed by atoms with Gasteiger partial charge in [0.1, 0.15) is 6.54 Å². The Morgan fingerprint density at radius 1 is 0.879 bits per heavy atom. The maximum absolute atomic E-state index is 12.6. The second kappa shape index (κ2) is 9.90. The van der Waals surface area contributed by atoms with Crippen LogP contribution in [0.25, 0.3) is 11.3 Å². The molecule has 1 aromatic heterocycles. The van der Waals surface area contributed by atoms with Crippen LogP contribution in [0, 0.1) is 13.8 Å². The second-order valence-corrected chi connectivity index (χ2v) is 7.34. The van der Waals surface area contributed by atoms with E-state index in [9.17, 15) is 19.2 Å². The summed E-state index contributed by atoms with van der Waals surface area (Å²) in [6.07, 6.45) is 0. The monoisotopic (exact) mass is 449 g/mol. The summed E-state index contributed by atoms with van der Waals surface area (Å²) in [5, 5.41) is 6.89. The number of hydrogen-bond donors (Lipinski definition) is 1. The second-order valence-electron chi connectivity index (χ2n) is 7.34. The van der Waals surface area contributed by atoms with Gasteiger partial charge in [-0.1, -0.05) is 12.1 Å². The van der Waals surface area contributed by atoms with Crippen LogP contribution in [0.1, 0.15) is 31.8 Å².